The lowest BCUT2D eigenvalue weighted by Gasteiger charge is -2.08. The summed E-state index contributed by atoms with van der Waals surface area (Å²) in [5.41, 5.74) is 5.87. The van der Waals surface area contributed by atoms with E-state index in [1.807, 2.05) is 43.3 Å². The third kappa shape index (κ3) is 5.93. The number of amides is 1. The number of nitrogens with one attached hydrogen (secondary N) is 2. The van der Waals surface area contributed by atoms with Crippen molar-refractivity contribution >= 4 is 56.5 Å². The summed E-state index contributed by atoms with van der Waals surface area (Å²) in [6.45, 7) is 2.42. The Morgan fingerprint density at radius 3 is 2.52 bits per heavy atom. The van der Waals surface area contributed by atoms with Gasteiger partial charge in [0.1, 0.15) is 17.2 Å². The molecule has 200 valence electrons. The number of hydrogen-bond acceptors (Lipinski definition) is 5. The van der Waals surface area contributed by atoms with Crippen molar-refractivity contribution in [2.75, 3.05) is 6.61 Å². The standard InChI is InChI=1S/C31H23BrClN3O4/c1-2-39-22-15-16-26-24(17-22)28(23-8-4-5-9-25(23)33)29(35-26)30(37)36-34-18-20-7-3-6-10-27(20)40-31(38)19-11-13-21(32)14-12-19/h3-18,35H,2H2,1H3,(H,36,37). The number of para-hydroxylation sites is 1. The topological polar surface area (TPSA) is 92.8 Å². The van der Waals surface area contributed by atoms with Gasteiger partial charge in [-0.25, -0.2) is 10.2 Å². The lowest BCUT2D eigenvalue weighted by Crippen LogP contribution is -2.19. The van der Waals surface area contributed by atoms with Crippen molar-refractivity contribution in [2.45, 2.75) is 6.92 Å². The van der Waals surface area contributed by atoms with E-state index in [0.29, 0.717) is 51.1 Å². The van der Waals surface area contributed by atoms with Crippen LogP contribution in [0.1, 0.15) is 33.3 Å². The van der Waals surface area contributed by atoms with E-state index in [-0.39, 0.29) is 0 Å². The summed E-state index contributed by atoms with van der Waals surface area (Å²) in [4.78, 5) is 29.2. The van der Waals surface area contributed by atoms with Crippen LogP contribution in [-0.4, -0.2) is 29.7 Å². The molecule has 0 spiro atoms. The van der Waals surface area contributed by atoms with Gasteiger partial charge in [-0.3, -0.25) is 4.79 Å². The molecule has 0 unspecified atom stereocenters. The molecule has 0 saturated carbocycles. The van der Waals surface area contributed by atoms with Crippen LogP contribution in [0.15, 0.2) is 101 Å². The number of halogens is 2. The number of carbonyl (C=O) groups excluding carboxylic acids is 2. The van der Waals surface area contributed by atoms with E-state index in [0.717, 1.165) is 15.4 Å². The third-order valence-corrected chi connectivity index (χ3v) is 6.88. The first-order valence-electron chi connectivity index (χ1n) is 12.4. The second kappa shape index (κ2) is 12.2. The number of aromatic nitrogens is 1. The summed E-state index contributed by atoms with van der Waals surface area (Å²) in [6.07, 6.45) is 1.42. The highest BCUT2D eigenvalue weighted by atomic mass is 79.9. The first-order valence-corrected chi connectivity index (χ1v) is 13.5. The number of fused-ring (bicyclic) bond motifs is 1. The first kappa shape index (κ1) is 27.2. The molecule has 4 aromatic carbocycles. The Balaban J connectivity index is 1.42. The van der Waals surface area contributed by atoms with Gasteiger partial charge < -0.3 is 14.5 Å². The molecule has 7 nitrogen and oxygen atoms in total. The number of hydrazone groups is 1. The minimum Gasteiger partial charge on any atom is -0.494 e. The third-order valence-electron chi connectivity index (χ3n) is 6.02. The number of benzene rings is 4. The molecule has 9 heteroatoms. The maximum atomic E-state index is 13.4. The van der Waals surface area contributed by atoms with Gasteiger partial charge in [0, 0.05) is 37.1 Å². The average molecular weight is 617 g/mol. The normalized spacial score (nSPS) is 11.1. The molecule has 5 aromatic rings. The van der Waals surface area contributed by atoms with Gasteiger partial charge in [-0.1, -0.05) is 57.9 Å². The zero-order valence-electron chi connectivity index (χ0n) is 21.3. The van der Waals surface area contributed by atoms with E-state index < -0.39 is 11.9 Å². The van der Waals surface area contributed by atoms with Crippen LogP contribution in [0.3, 0.4) is 0 Å². The van der Waals surface area contributed by atoms with Crippen molar-refractivity contribution in [3.8, 4) is 22.6 Å². The Kier molecular flexibility index (Phi) is 8.28. The van der Waals surface area contributed by atoms with Crippen LogP contribution >= 0.6 is 27.5 Å². The van der Waals surface area contributed by atoms with E-state index in [9.17, 15) is 9.59 Å². The first-order chi connectivity index (χ1) is 19.4. The maximum absolute atomic E-state index is 13.4. The van der Waals surface area contributed by atoms with Gasteiger partial charge in [0.25, 0.3) is 5.91 Å². The van der Waals surface area contributed by atoms with E-state index in [1.54, 1.807) is 54.6 Å². The summed E-state index contributed by atoms with van der Waals surface area (Å²) >= 11 is 9.89. The summed E-state index contributed by atoms with van der Waals surface area (Å²) in [7, 11) is 0. The highest BCUT2D eigenvalue weighted by Gasteiger charge is 2.21. The van der Waals surface area contributed by atoms with Crippen molar-refractivity contribution in [3.05, 3.63) is 117 Å². The van der Waals surface area contributed by atoms with E-state index in [1.165, 1.54) is 6.21 Å². The molecular formula is C31H23BrClN3O4. The van der Waals surface area contributed by atoms with Crippen LogP contribution in [0.25, 0.3) is 22.0 Å². The predicted molar refractivity (Wildman–Crippen MR) is 161 cm³/mol. The van der Waals surface area contributed by atoms with E-state index >= 15 is 0 Å². The van der Waals surface area contributed by atoms with Crippen molar-refractivity contribution in [2.24, 2.45) is 5.10 Å². The molecule has 0 aliphatic rings. The zero-order valence-corrected chi connectivity index (χ0v) is 23.6. The fourth-order valence-electron chi connectivity index (χ4n) is 4.18. The van der Waals surface area contributed by atoms with Crippen LogP contribution in [0.4, 0.5) is 0 Å². The monoisotopic (exact) mass is 615 g/mol. The second-order valence-corrected chi connectivity index (χ2v) is 9.95. The molecule has 1 aromatic heterocycles. The molecule has 5 rings (SSSR count). The summed E-state index contributed by atoms with van der Waals surface area (Å²) in [6, 6.07) is 26.7. The van der Waals surface area contributed by atoms with E-state index in [2.05, 4.69) is 31.4 Å². The zero-order chi connectivity index (χ0) is 28.1. The number of ether oxygens (including phenoxy) is 2. The number of nitrogens with zero attached hydrogens (tertiary/aromatic N) is 1. The van der Waals surface area contributed by atoms with Gasteiger partial charge in [-0.2, -0.15) is 5.10 Å². The maximum Gasteiger partial charge on any atom is 0.343 e. The lowest BCUT2D eigenvalue weighted by molar-refractivity contribution is 0.0734. The highest BCUT2D eigenvalue weighted by molar-refractivity contribution is 9.10. The molecular weight excluding hydrogens is 594 g/mol. The number of aromatic amines is 1. The number of H-pyrrole nitrogens is 1. The summed E-state index contributed by atoms with van der Waals surface area (Å²) in [5, 5.41) is 5.44. The van der Waals surface area contributed by atoms with Gasteiger partial charge in [0.2, 0.25) is 0 Å². The molecule has 40 heavy (non-hydrogen) atoms. The van der Waals surface area contributed by atoms with Crippen LogP contribution in [0.5, 0.6) is 11.5 Å². The van der Waals surface area contributed by atoms with Gasteiger partial charge >= 0.3 is 5.97 Å². The molecule has 0 fully saturated rings. The average Bonchev–Trinajstić information content (AvgIpc) is 3.33. The number of hydrogen-bond donors (Lipinski definition) is 2. The molecule has 0 radical (unpaired) electrons. The Labute approximate surface area is 243 Å². The quantitative estimate of drug-likeness (QED) is 0.0811. The van der Waals surface area contributed by atoms with E-state index in [4.69, 9.17) is 21.1 Å². The number of carbonyl (C=O) groups is 2. The minimum atomic E-state index is -0.508. The minimum absolute atomic E-state index is 0.295. The van der Waals surface area contributed by atoms with Gasteiger partial charge in [-0.05, 0) is 67.6 Å². The van der Waals surface area contributed by atoms with Gasteiger partial charge in [-0.15, -0.1) is 0 Å². The molecule has 0 aliphatic heterocycles. The van der Waals surface area contributed by atoms with Crippen molar-refractivity contribution < 1.29 is 19.1 Å². The smallest absolute Gasteiger partial charge is 0.343 e. The molecule has 0 bridgehead atoms. The lowest BCUT2D eigenvalue weighted by atomic mass is 10.0. The largest absolute Gasteiger partial charge is 0.494 e. The summed E-state index contributed by atoms with van der Waals surface area (Å²) < 4.78 is 12.1. The Morgan fingerprint density at radius 1 is 1.00 bits per heavy atom. The molecule has 1 heterocycles. The summed E-state index contributed by atoms with van der Waals surface area (Å²) in [5.74, 6) is 0.0109. The molecule has 0 saturated heterocycles. The number of esters is 1. The SMILES string of the molecule is CCOc1ccc2[nH]c(C(=O)NN=Cc3ccccc3OC(=O)c3ccc(Br)cc3)c(-c3ccccc3Cl)c2c1. The van der Waals surface area contributed by atoms with Crippen molar-refractivity contribution in [1.82, 2.24) is 10.4 Å². The second-order valence-electron chi connectivity index (χ2n) is 8.63. The van der Waals surface area contributed by atoms with Gasteiger partial charge in [0.15, 0.2) is 0 Å². The van der Waals surface area contributed by atoms with Crippen LogP contribution in [0, 0.1) is 0 Å². The molecule has 1 amide bonds. The highest BCUT2D eigenvalue weighted by Crippen LogP contribution is 2.38. The van der Waals surface area contributed by atoms with Crippen LogP contribution < -0.4 is 14.9 Å². The molecule has 0 aliphatic carbocycles. The Morgan fingerprint density at radius 2 is 1.75 bits per heavy atom. The fraction of sp³-hybridized carbons (Fsp3) is 0.0645. The van der Waals surface area contributed by atoms with Crippen LogP contribution in [0.2, 0.25) is 5.02 Å². The van der Waals surface area contributed by atoms with Crippen molar-refractivity contribution in [1.29, 1.82) is 0 Å². The molecule has 0 atom stereocenters. The Bertz CT molecular complexity index is 1730. The van der Waals surface area contributed by atoms with Crippen LogP contribution in [-0.2, 0) is 0 Å². The molecule has 2 N–H and O–H groups in total. The van der Waals surface area contributed by atoms with Crippen molar-refractivity contribution in [3.63, 3.8) is 0 Å². The fourth-order valence-corrected chi connectivity index (χ4v) is 4.68. The van der Waals surface area contributed by atoms with Gasteiger partial charge in [0.05, 0.1) is 18.4 Å². The number of rotatable bonds is 8. The predicted octanol–water partition coefficient (Wildman–Crippen LogP) is 7.63. The Hall–Kier alpha value is -4.40.